The van der Waals surface area contributed by atoms with Gasteiger partial charge in [0.25, 0.3) is 0 Å². The predicted octanol–water partition coefficient (Wildman–Crippen LogP) is 5.46. The van der Waals surface area contributed by atoms with Crippen molar-refractivity contribution < 1.29 is 22.7 Å². The molecule has 0 bridgehead atoms. The van der Waals surface area contributed by atoms with Gasteiger partial charge in [-0.1, -0.05) is 30.3 Å². The van der Waals surface area contributed by atoms with Crippen molar-refractivity contribution in [3.63, 3.8) is 0 Å². The molecule has 0 spiro atoms. The number of piperazine rings is 1. The normalized spacial score (nSPS) is 20.0. The molecule has 1 saturated heterocycles. The summed E-state index contributed by atoms with van der Waals surface area (Å²) >= 11 is 0. The van der Waals surface area contributed by atoms with E-state index in [1.807, 2.05) is 61.5 Å². The number of methoxy groups -OCH3 is 1. The molecule has 0 aromatic heterocycles. The van der Waals surface area contributed by atoms with Crippen LogP contribution in [0.1, 0.15) is 29.7 Å². The fourth-order valence-electron chi connectivity index (χ4n) is 5.47. The molecule has 1 fully saturated rings. The second-order valence-electron chi connectivity index (χ2n) is 9.70. The average molecular weight is 510 g/mol. The third-order valence-electron chi connectivity index (χ3n) is 7.47. The first-order valence-corrected chi connectivity index (χ1v) is 12.5. The van der Waals surface area contributed by atoms with E-state index in [0.717, 1.165) is 28.8 Å². The number of hydrogen-bond acceptors (Lipinski definition) is 4. The predicted molar refractivity (Wildman–Crippen MR) is 138 cm³/mol. The fourth-order valence-corrected chi connectivity index (χ4v) is 5.47. The van der Waals surface area contributed by atoms with Crippen LogP contribution in [0.4, 0.5) is 24.5 Å². The topological polar surface area (TPSA) is 44.8 Å². The number of ether oxygens (including phenoxy) is 1. The van der Waals surface area contributed by atoms with Gasteiger partial charge in [-0.3, -0.25) is 4.79 Å². The lowest BCUT2D eigenvalue weighted by Gasteiger charge is -2.50. The van der Waals surface area contributed by atoms with Gasteiger partial charge in [-0.15, -0.1) is 0 Å². The van der Waals surface area contributed by atoms with E-state index < -0.39 is 17.7 Å². The Morgan fingerprint density at radius 2 is 1.76 bits per heavy atom. The van der Waals surface area contributed by atoms with Crippen LogP contribution in [-0.2, 0) is 17.4 Å². The number of rotatable bonds is 5. The Hall–Kier alpha value is -3.68. The van der Waals surface area contributed by atoms with Gasteiger partial charge >= 0.3 is 6.18 Å². The van der Waals surface area contributed by atoms with Crippen molar-refractivity contribution in [3.05, 3.63) is 89.5 Å². The highest BCUT2D eigenvalue weighted by Gasteiger charge is 2.43. The number of fused-ring (bicyclic) bond motifs is 3. The number of nitrogens with one attached hydrogen (secondary N) is 1. The van der Waals surface area contributed by atoms with Gasteiger partial charge < -0.3 is 19.9 Å². The standard InChI is InChI=1S/C29H30F3N3O2/c1-19(20-6-4-3-5-7-20)33-28(36)25-17-21-16-22(29(30,31)32)8-13-26(21)35-15-14-34(18-27(25)35)23-9-11-24(37-2)12-10-23/h3-13,16,19,25,27H,14-15,17-18H2,1-2H3,(H,33,36)/t19-,25+,27+/m1/s1. The molecule has 1 amide bonds. The van der Waals surface area contributed by atoms with Crippen molar-refractivity contribution in [1.29, 1.82) is 0 Å². The van der Waals surface area contributed by atoms with Gasteiger partial charge in [-0.05, 0) is 66.9 Å². The summed E-state index contributed by atoms with van der Waals surface area (Å²) < 4.78 is 45.7. The maximum absolute atomic E-state index is 13.7. The van der Waals surface area contributed by atoms with Gasteiger partial charge in [0.05, 0.1) is 30.7 Å². The molecule has 8 heteroatoms. The Morgan fingerprint density at radius 1 is 1.03 bits per heavy atom. The Balaban J connectivity index is 1.45. The summed E-state index contributed by atoms with van der Waals surface area (Å²) in [6.07, 6.45) is -4.18. The van der Waals surface area contributed by atoms with E-state index in [4.69, 9.17) is 4.74 Å². The molecule has 5 rings (SSSR count). The van der Waals surface area contributed by atoms with E-state index >= 15 is 0 Å². The van der Waals surface area contributed by atoms with E-state index in [1.54, 1.807) is 13.2 Å². The Labute approximate surface area is 214 Å². The lowest BCUT2D eigenvalue weighted by Crippen LogP contribution is -2.61. The summed E-state index contributed by atoms with van der Waals surface area (Å²) in [5.41, 5.74) is 2.67. The Morgan fingerprint density at radius 3 is 2.43 bits per heavy atom. The van der Waals surface area contributed by atoms with Crippen molar-refractivity contribution in [2.75, 3.05) is 36.5 Å². The molecule has 1 N–H and O–H groups in total. The van der Waals surface area contributed by atoms with Gasteiger partial charge in [-0.25, -0.2) is 0 Å². The van der Waals surface area contributed by atoms with Crippen LogP contribution < -0.4 is 19.9 Å². The quantitative estimate of drug-likeness (QED) is 0.496. The first-order valence-electron chi connectivity index (χ1n) is 12.5. The molecule has 0 unspecified atom stereocenters. The van der Waals surface area contributed by atoms with Crippen molar-refractivity contribution >= 4 is 17.3 Å². The number of amides is 1. The van der Waals surface area contributed by atoms with E-state index in [0.29, 0.717) is 25.2 Å². The summed E-state index contributed by atoms with van der Waals surface area (Å²) in [4.78, 5) is 18.0. The smallest absolute Gasteiger partial charge is 0.416 e. The number of nitrogens with zero attached hydrogens (tertiary/aromatic N) is 2. The molecule has 2 heterocycles. The molecule has 5 nitrogen and oxygen atoms in total. The molecule has 0 radical (unpaired) electrons. The van der Waals surface area contributed by atoms with Gasteiger partial charge in [0.15, 0.2) is 0 Å². The highest BCUT2D eigenvalue weighted by atomic mass is 19.4. The summed E-state index contributed by atoms with van der Waals surface area (Å²) in [5.74, 6) is 0.121. The van der Waals surface area contributed by atoms with Crippen LogP contribution in [0.2, 0.25) is 0 Å². The second kappa shape index (κ2) is 10.00. The molecule has 0 saturated carbocycles. The Bertz CT molecular complexity index is 1250. The van der Waals surface area contributed by atoms with E-state index in [2.05, 4.69) is 15.1 Å². The van der Waals surface area contributed by atoms with Gasteiger partial charge in [0, 0.05) is 31.0 Å². The zero-order chi connectivity index (χ0) is 26.2. The van der Waals surface area contributed by atoms with Gasteiger partial charge in [0.1, 0.15) is 5.75 Å². The second-order valence-corrected chi connectivity index (χ2v) is 9.70. The SMILES string of the molecule is COc1ccc(N2CCN3c4ccc(C(F)(F)F)cc4C[C@H](C(=O)N[C@H](C)c4ccccc4)[C@@H]3C2)cc1. The van der Waals surface area contributed by atoms with E-state index in [-0.39, 0.29) is 24.4 Å². The maximum atomic E-state index is 13.7. The van der Waals surface area contributed by atoms with Crippen molar-refractivity contribution in [3.8, 4) is 5.75 Å². The number of benzene rings is 3. The number of hydrogen-bond donors (Lipinski definition) is 1. The molecule has 2 aliphatic rings. The molecule has 3 atom stereocenters. The zero-order valence-corrected chi connectivity index (χ0v) is 20.8. The highest BCUT2D eigenvalue weighted by molar-refractivity contribution is 5.83. The minimum atomic E-state index is -4.43. The van der Waals surface area contributed by atoms with E-state index in [1.165, 1.54) is 6.07 Å². The molecular formula is C29H30F3N3O2. The molecule has 194 valence electrons. The lowest BCUT2D eigenvalue weighted by atomic mass is 9.82. The fraction of sp³-hybridized carbons (Fsp3) is 0.345. The van der Waals surface area contributed by atoms with Gasteiger partial charge in [0.2, 0.25) is 5.91 Å². The number of alkyl halides is 3. The number of halogens is 3. The molecule has 37 heavy (non-hydrogen) atoms. The summed E-state index contributed by atoms with van der Waals surface area (Å²) in [6, 6.07) is 21.0. The number of carbonyl (C=O) groups is 1. The van der Waals surface area contributed by atoms with Crippen LogP contribution in [0.5, 0.6) is 5.75 Å². The van der Waals surface area contributed by atoms with Crippen LogP contribution in [-0.4, -0.2) is 38.7 Å². The molecule has 3 aromatic rings. The zero-order valence-electron chi connectivity index (χ0n) is 20.8. The summed E-state index contributed by atoms with van der Waals surface area (Å²) in [5, 5.41) is 3.12. The van der Waals surface area contributed by atoms with E-state index in [9.17, 15) is 18.0 Å². The Kier molecular flexibility index (Phi) is 6.75. The monoisotopic (exact) mass is 509 g/mol. The largest absolute Gasteiger partial charge is 0.497 e. The minimum absolute atomic E-state index is 0.147. The lowest BCUT2D eigenvalue weighted by molar-refractivity contribution is -0.137. The van der Waals surface area contributed by atoms with Crippen LogP contribution in [0.15, 0.2) is 72.8 Å². The van der Waals surface area contributed by atoms with Crippen LogP contribution >= 0.6 is 0 Å². The molecule has 0 aliphatic carbocycles. The number of anilines is 2. The van der Waals surface area contributed by atoms with Gasteiger partial charge in [-0.2, -0.15) is 13.2 Å². The summed E-state index contributed by atoms with van der Waals surface area (Å²) in [7, 11) is 1.62. The highest BCUT2D eigenvalue weighted by Crippen LogP contribution is 2.40. The minimum Gasteiger partial charge on any atom is -0.497 e. The third-order valence-corrected chi connectivity index (χ3v) is 7.47. The van der Waals surface area contributed by atoms with Crippen molar-refractivity contribution in [2.45, 2.75) is 31.6 Å². The average Bonchev–Trinajstić information content (AvgIpc) is 2.92. The molecular weight excluding hydrogens is 479 g/mol. The first-order chi connectivity index (χ1) is 17.7. The first kappa shape index (κ1) is 25.0. The van der Waals surface area contributed by atoms with Crippen LogP contribution in [0.3, 0.4) is 0 Å². The van der Waals surface area contributed by atoms with Crippen molar-refractivity contribution in [2.24, 2.45) is 5.92 Å². The third kappa shape index (κ3) is 5.10. The summed E-state index contributed by atoms with van der Waals surface area (Å²) in [6.45, 7) is 3.81. The van der Waals surface area contributed by atoms with Crippen LogP contribution in [0.25, 0.3) is 0 Å². The number of carbonyl (C=O) groups excluding carboxylic acids is 1. The van der Waals surface area contributed by atoms with Crippen LogP contribution in [0, 0.1) is 5.92 Å². The molecule has 3 aromatic carbocycles. The molecule has 2 aliphatic heterocycles. The van der Waals surface area contributed by atoms with Crippen molar-refractivity contribution in [1.82, 2.24) is 5.32 Å². The maximum Gasteiger partial charge on any atom is 0.416 e.